The third-order valence-electron chi connectivity index (χ3n) is 5.58. The Morgan fingerprint density at radius 3 is 2.26 bits per heavy atom. The minimum absolute atomic E-state index is 0.167. The molecule has 1 fully saturated rings. The fraction of sp³-hybridized carbons (Fsp3) is 0.478. The highest BCUT2D eigenvalue weighted by atomic mass is 16.5. The van der Waals surface area contributed by atoms with Gasteiger partial charge in [-0.15, -0.1) is 0 Å². The summed E-state index contributed by atoms with van der Waals surface area (Å²) in [5, 5.41) is 9.43. The number of allylic oxidation sites excluding steroid dienone is 4. The van der Waals surface area contributed by atoms with Gasteiger partial charge in [-0.25, -0.2) is 0 Å². The molecule has 1 aromatic rings. The molecule has 0 amide bonds. The van der Waals surface area contributed by atoms with Crippen molar-refractivity contribution in [2.45, 2.75) is 52.3 Å². The molecule has 1 saturated carbocycles. The maximum atomic E-state index is 9.43. The van der Waals surface area contributed by atoms with Gasteiger partial charge in [-0.05, 0) is 54.5 Å². The van der Waals surface area contributed by atoms with Gasteiger partial charge in [0.25, 0.3) is 0 Å². The van der Waals surface area contributed by atoms with Crippen LogP contribution < -0.4 is 16.2 Å². The maximum Gasteiger partial charge on any atom is 0.239 e. The van der Waals surface area contributed by atoms with E-state index in [-0.39, 0.29) is 11.2 Å². The molecule has 1 aromatic carbocycles. The summed E-state index contributed by atoms with van der Waals surface area (Å²) in [7, 11) is 0. The van der Waals surface area contributed by atoms with Crippen molar-refractivity contribution in [2.24, 2.45) is 28.7 Å². The molecule has 0 atom stereocenters. The molecule has 0 spiro atoms. The van der Waals surface area contributed by atoms with Gasteiger partial charge in [0.2, 0.25) is 5.85 Å². The van der Waals surface area contributed by atoms with Gasteiger partial charge in [0, 0.05) is 11.0 Å². The number of phenolic OH excluding ortho intramolecular Hbond substituents is 1. The number of phenols is 1. The predicted octanol–water partition coefficient (Wildman–Crippen LogP) is 4.62. The smallest absolute Gasteiger partial charge is 0.239 e. The van der Waals surface area contributed by atoms with Crippen molar-refractivity contribution in [1.29, 1.82) is 0 Å². The lowest BCUT2D eigenvalue weighted by Gasteiger charge is -2.29. The summed E-state index contributed by atoms with van der Waals surface area (Å²) in [5.74, 6) is 0.677. The summed E-state index contributed by atoms with van der Waals surface area (Å²) in [6, 6.07) is 6.42. The molecule has 27 heavy (non-hydrogen) atoms. The Balaban J connectivity index is 1.81. The second-order valence-corrected chi connectivity index (χ2v) is 8.74. The van der Waals surface area contributed by atoms with E-state index in [0.717, 1.165) is 11.5 Å². The first-order valence-corrected chi connectivity index (χ1v) is 9.84. The number of hydrogen-bond donors (Lipinski definition) is 3. The van der Waals surface area contributed by atoms with Gasteiger partial charge in [0.15, 0.2) is 0 Å². The largest absolute Gasteiger partial charge is 0.508 e. The van der Waals surface area contributed by atoms with Crippen LogP contribution in [-0.4, -0.2) is 11.0 Å². The topological polar surface area (TPSA) is 81.5 Å². The van der Waals surface area contributed by atoms with E-state index in [2.05, 4.69) is 39.0 Å². The van der Waals surface area contributed by atoms with E-state index >= 15 is 0 Å². The third-order valence-corrected chi connectivity index (χ3v) is 5.58. The van der Waals surface area contributed by atoms with E-state index in [1.54, 1.807) is 24.3 Å². The molecule has 0 aliphatic heterocycles. The van der Waals surface area contributed by atoms with E-state index in [1.165, 1.54) is 31.3 Å². The van der Waals surface area contributed by atoms with Gasteiger partial charge in [-0.1, -0.05) is 57.9 Å². The van der Waals surface area contributed by atoms with Crippen molar-refractivity contribution in [2.75, 3.05) is 0 Å². The molecule has 146 valence electrons. The van der Waals surface area contributed by atoms with Gasteiger partial charge in [-0.3, -0.25) is 11.5 Å². The Morgan fingerprint density at radius 2 is 1.63 bits per heavy atom. The van der Waals surface area contributed by atoms with Crippen molar-refractivity contribution in [3.63, 3.8) is 0 Å². The van der Waals surface area contributed by atoms with Crippen LogP contribution in [0.3, 0.4) is 0 Å². The standard InChI is InChI=1S/C23H32N2O2/c1-16-4-6-17(7-5-16)18-8-9-19(15-22(2,3)14-18)23(24,25)27-21-12-10-20(26)11-13-21/h8-17,26H,4-7,24-25H2,1-3H3. The zero-order valence-electron chi connectivity index (χ0n) is 16.6. The normalized spacial score (nSPS) is 25.4. The van der Waals surface area contributed by atoms with Crippen LogP contribution in [0.5, 0.6) is 11.5 Å². The Hall–Kier alpha value is -2.04. The molecule has 4 heteroatoms. The van der Waals surface area contributed by atoms with Gasteiger partial charge in [-0.2, -0.15) is 0 Å². The van der Waals surface area contributed by atoms with Crippen LogP contribution in [0.1, 0.15) is 46.5 Å². The third kappa shape index (κ3) is 5.02. The Kier molecular flexibility index (Phi) is 5.50. The van der Waals surface area contributed by atoms with E-state index in [0.29, 0.717) is 11.7 Å². The van der Waals surface area contributed by atoms with Crippen LogP contribution in [-0.2, 0) is 0 Å². The Morgan fingerprint density at radius 1 is 1.00 bits per heavy atom. The molecule has 0 unspecified atom stereocenters. The highest BCUT2D eigenvalue weighted by Crippen LogP contribution is 2.38. The summed E-state index contributed by atoms with van der Waals surface area (Å²) < 4.78 is 5.84. The average Bonchev–Trinajstić information content (AvgIpc) is 2.76. The monoisotopic (exact) mass is 368 g/mol. The summed E-state index contributed by atoms with van der Waals surface area (Å²) in [5.41, 5.74) is 14.6. The van der Waals surface area contributed by atoms with Crippen molar-refractivity contribution in [1.82, 2.24) is 0 Å². The lowest BCUT2D eigenvalue weighted by Crippen LogP contribution is -2.56. The van der Waals surface area contributed by atoms with Crippen molar-refractivity contribution in [3.8, 4) is 11.5 Å². The second kappa shape index (κ2) is 7.53. The molecule has 2 aliphatic carbocycles. The van der Waals surface area contributed by atoms with E-state index in [1.807, 2.05) is 6.08 Å². The molecule has 3 rings (SSSR count). The van der Waals surface area contributed by atoms with Gasteiger partial charge in [0.05, 0.1) is 0 Å². The fourth-order valence-electron chi connectivity index (χ4n) is 4.01. The summed E-state index contributed by atoms with van der Waals surface area (Å²) in [6.45, 7) is 6.68. The quantitative estimate of drug-likeness (QED) is 0.678. The molecule has 0 bridgehead atoms. The van der Waals surface area contributed by atoms with Crippen molar-refractivity contribution in [3.05, 3.63) is 59.7 Å². The Labute approximate surface area is 162 Å². The Bertz CT molecular complexity index is 749. The highest BCUT2D eigenvalue weighted by Gasteiger charge is 2.31. The van der Waals surface area contributed by atoms with Crippen LogP contribution in [0.2, 0.25) is 0 Å². The molecule has 0 aromatic heterocycles. The number of ether oxygens (including phenoxy) is 1. The zero-order chi connectivity index (χ0) is 19.7. The number of aromatic hydroxyl groups is 1. The number of benzene rings is 1. The lowest BCUT2D eigenvalue weighted by molar-refractivity contribution is 0.124. The predicted molar refractivity (Wildman–Crippen MR) is 110 cm³/mol. The van der Waals surface area contributed by atoms with Crippen molar-refractivity contribution >= 4 is 0 Å². The van der Waals surface area contributed by atoms with Crippen LogP contribution in [0, 0.1) is 17.3 Å². The first-order valence-electron chi connectivity index (χ1n) is 9.84. The van der Waals surface area contributed by atoms with Crippen LogP contribution >= 0.6 is 0 Å². The minimum Gasteiger partial charge on any atom is -0.508 e. The summed E-state index contributed by atoms with van der Waals surface area (Å²) >= 11 is 0. The maximum absolute atomic E-state index is 9.43. The molecule has 5 N–H and O–H groups in total. The highest BCUT2D eigenvalue weighted by molar-refractivity contribution is 5.41. The summed E-state index contributed by atoms with van der Waals surface area (Å²) in [6.07, 6.45) is 13.6. The SMILES string of the molecule is CC1CCC(C2=CC(C)(C)C=C(C(N)(N)Oc3ccc(O)cc3)C=C2)CC1. The first kappa shape index (κ1) is 19.7. The molecule has 0 radical (unpaired) electrons. The molecule has 0 saturated heterocycles. The van der Waals surface area contributed by atoms with Crippen LogP contribution in [0.15, 0.2) is 59.7 Å². The second-order valence-electron chi connectivity index (χ2n) is 8.74. The zero-order valence-corrected chi connectivity index (χ0v) is 16.6. The minimum atomic E-state index is -1.45. The number of rotatable bonds is 4. The molecule has 2 aliphatic rings. The van der Waals surface area contributed by atoms with E-state index < -0.39 is 5.85 Å². The molecule has 4 nitrogen and oxygen atoms in total. The van der Waals surface area contributed by atoms with Crippen LogP contribution in [0.4, 0.5) is 0 Å². The lowest BCUT2D eigenvalue weighted by atomic mass is 9.77. The molecule has 0 heterocycles. The first-order chi connectivity index (χ1) is 12.6. The van der Waals surface area contributed by atoms with Gasteiger partial charge in [0.1, 0.15) is 11.5 Å². The van der Waals surface area contributed by atoms with Gasteiger partial charge < -0.3 is 9.84 Å². The average molecular weight is 369 g/mol. The molecular weight excluding hydrogens is 336 g/mol. The van der Waals surface area contributed by atoms with Gasteiger partial charge >= 0.3 is 0 Å². The number of hydrogen-bond acceptors (Lipinski definition) is 4. The van der Waals surface area contributed by atoms with Crippen molar-refractivity contribution < 1.29 is 9.84 Å². The number of nitrogens with two attached hydrogens (primary N) is 2. The fourth-order valence-corrected chi connectivity index (χ4v) is 4.01. The van der Waals surface area contributed by atoms with E-state index in [4.69, 9.17) is 16.2 Å². The van der Waals surface area contributed by atoms with Crippen LogP contribution in [0.25, 0.3) is 0 Å². The molecular formula is C23H32N2O2. The summed E-state index contributed by atoms with van der Waals surface area (Å²) in [4.78, 5) is 0. The van der Waals surface area contributed by atoms with E-state index in [9.17, 15) is 5.11 Å².